The van der Waals surface area contributed by atoms with Crippen LogP contribution in [0.5, 0.6) is 5.75 Å². The molecule has 0 unspecified atom stereocenters. The molecule has 3 aromatic heterocycles. The molecule has 2 aromatic carbocycles. The van der Waals surface area contributed by atoms with E-state index in [0.717, 1.165) is 33.5 Å². The lowest BCUT2D eigenvalue weighted by atomic mass is 10.0. The molecule has 1 amide bonds. The van der Waals surface area contributed by atoms with Gasteiger partial charge in [-0.25, -0.2) is 9.67 Å². The number of benzene rings is 2. The summed E-state index contributed by atoms with van der Waals surface area (Å²) in [5.74, 6) is 0.603. The van der Waals surface area contributed by atoms with Crippen LogP contribution in [-0.2, 0) is 17.9 Å². The predicted octanol–water partition coefficient (Wildman–Crippen LogP) is 4.61. The summed E-state index contributed by atoms with van der Waals surface area (Å²) in [4.78, 5) is 17.3. The van der Waals surface area contributed by atoms with Gasteiger partial charge >= 0.3 is 0 Å². The van der Waals surface area contributed by atoms with Gasteiger partial charge in [-0.2, -0.15) is 10.2 Å². The minimum atomic E-state index is -0.194. The number of aryl methyl sites for hydroxylation is 2. The van der Waals surface area contributed by atoms with Crippen LogP contribution in [0.15, 0.2) is 73.2 Å². The fraction of sp³-hybridized carbons (Fsp3) is 0.185. The van der Waals surface area contributed by atoms with Crippen LogP contribution in [0.4, 0.5) is 5.69 Å². The number of methoxy groups -OCH3 is 1. The Morgan fingerprint density at radius 2 is 1.80 bits per heavy atom. The first-order chi connectivity index (χ1) is 17.0. The number of rotatable bonds is 7. The highest BCUT2D eigenvalue weighted by Crippen LogP contribution is 2.30. The summed E-state index contributed by atoms with van der Waals surface area (Å²) in [6.07, 6.45) is 5.22. The van der Waals surface area contributed by atoms with Crippen LogP contribution in [-0.4, -0.2) is 37.6 Å². The maximum atomic E-state index is 12.8. The van der Waals surface area contributed by atoms with Crippen molar-refractivity contribution in [1.29, 1.82) is 0 Å². The fourth-order valence-corrected chi connectivity index (χ4v) is 4.13. The van der Waals surface area contributed by atoms with Crippen molar-refractivity contribution in [2.24, 2.45) is 0 Å². The average Bonchev–Trinajstić information content (AvgIpc) is 3.44. The normalized spacial score (nSPS) is 11.1. The Kier molecular flexibility index (Phi) is 6.01. The van der Waals surface area contributed by atoms with Crippen molar-refractivity contribution in [2.45, 2.75) is 26.9 Å². The summed E-state index contributed by atoms with van der Waals surface area (Å²) in [5, 5.41) is 12.8. The van der Waals surface area contributed by atoms with Crippen LogP contribution < -0.4 is 10.1 Å². The average molecular weight is 467 g/mol. The highest BCUT2D eigenvalue weighted by atomic mass is 16.5. The Bertz CT molecular complexity index is 1480. The highest BCUT2D eigenvalue weighted by Gasteiger charge is 2.16. The number of aromatic nitrogens is 5. The Morgan fingerprint density at radius 3 is 2.54 bits per heavy atom. The summed E-state index contributed by atoms with van der Waals surface area (Å²) >= 11 is 0. The molecule has 0 aliphatic carbocycles. The minimum Gasteiger partial charge on any atom is -0.497 e. The molecular weight excluding hydrogens is 440 g/mol. The Balaban J connectivity index is 1.32. The number of pyridine rings is 1. The molecule has 1 N–H and O–H groups in total. The van der Waals surface area contributed by atoms with E-state index >= 15 is 0 Å². The third kappa shape index (κ3) is 4.77. The summed E-state index contributed by atoms with van der Waals surface area (Å²) in [5.41, 5.74) is 6.54. The molecule has 0 fully saturated rings. The SMILES string of the molecule is COc1ccc(-c2ccnc3c2c(C)nn3CC(=O)Nc2cnn(Cc3ccc(C)cc3)c2)cc1. The van der Waals surface area contributed by atoms with E-state index in [4.69, 9.17) is 4.74 Å². The van der Waals surface area contributed by atoms with Crippen LogP contribution in [0, 0.1) is 13.8 Å². The molecule has 0 saturated carbocycles. The number of carbonyl (C=O) groups excluding carboxylic acids is 1. The van der Waals surface area contributed by atoms with Crippen molar-refractivity contribution in [1.82, 2.24) is 24.5 Å². The third-order valence-electron chi connectivity index (χ3n) is 5.88. The van der Waals surface area contributed by atoms with Crippen LogP contribution >= 0.6 is 0 Å². The van der Waals surface area contributed by atoms with E-state index in [1.165, 1.54) is 5.56 Å². The van der Waals surface area contributed by atoms with Crippen molar-refractivity contribution >= 4 is 22.6 Å². The zero-order valence-electron chi connectivity index (χ0n) is 19.9. The molecule has 0 aliphatic heterocycles. The van der Waals surface area contributed by atoms with Crippen molar-refractivity contribution in [3.05, 3.63) is 90.0 Å². The maximum Gasteiger partial charge on any atom is 0.246 e. The first kappa shape index (κ1) is 22.3. The maximum absolute atomic E-state index is 12.8. The molecule has 176 valence electrons. The third-order valence-corrected chi connectivity index (χ3v) is 5.88. The molecule has 0 saturated heterocycles. The largest absolute Gasteiger partial charge is 0.497 e. The number of fused-ring (bicyclic) bond motifs is 1. The Hall–Kier alpha value is -4.46. The van der Waals surface area contributed by atoms with Gasteiger partial charge in [-0.05, 0) is 48.7 Å². The second-order valence-corrected chi connectivity index (χ2v) is 8.49. The molecule has 0 bridgehead atoms. The number of anilines is 1. The van der Waals surface area contributed by atoms with Gasteiger partial charge in [-0.3, -0.25) is 9.48 Å². The summed E-state index contributed by atoms with van der Waals surface area (Å²) < 4.78 is 8.71. The van der Waals surface area contributed by atoms with Gasteiger partial charge in [0.05, 0.1) is 31.2 Å². The van der Waals surface area contributed by atoms with Crippen LogP contribution in [0.1, 0.15) is 16.8 Å². The number of amides is 1. The van der Waals surface area contributed by atoms with E-state index in [1.54, 1.807) is 28.9 Å². The van der Waals surface area contributed by atoms with E-state index in [0.29, 0.717) is 17.9 Å². The van der Waals surface area contributed by atoms with Gasteiger partial charge in [-0.1, -0.05) is 42.0 Å². The van der Waals surface area contributed by atoms with E-state index in [-0.39, 0.29) is 12.5 Å². The molecule has 0 radical (unpaired) electrons. The number of nitrogens with one attached hydrogen (secondary N) is 1. The first-order valence-electron chi connectivity index (χ1n) is 11.3. The standard InChI is InChI=1S/C27H26N6O2/c1-18-4-6-20(7-5-18)15-32-16-22(14-29-32)30-25(34)17-33-27-26(19(2)31-33)24(12-13-28-27)21-8-10-23(35-3)11-9-21/h4-14,16H,15,17H2,1-3H3,(H,30,34). The molecule has 3 heterocycles. The zero-order valence-corrected chi connectivity index (χ0v) is 19.9. The monoisotopic (exact) mass is 466 g/mol. The quantitative estimate of drug-likeness (QED) is 0.379. The summed E-state index contributed by atoms with van der Waals surface area (Å²) in [6, 6.07) is 18.1. The van der Waals surface area contributed by atoms with Crippen LogP contribution in [0.2, 0.25) is 0 Å². The van der Waals surface area contributed by atoms with E-state index < -0.39 is 0 Å². The molecule has 8 heteroatoms. The van der Waals surface area contributed by atoms with Crippen molar-refractivity contribution in [2.75, 3.05) is 12.4 Å². The lowest BCUT2D eigenvalue weighted by molar-refractivity contribution is -0.116. The van der Waals surface area contributed by atoms with Gasteiger partial charge < -0.3 is 10.1 Å². The van der Waals surface area contributed by atoms with Crippen LogP contribution in [0.25, 0.3) is 22.2 Å². The van der Waals surface area contributed by atoms with Crippen molar-refractivity contribution in [3.8, 4) is 16.9 Å². The Labute approximate surface area is 203 Å². The smallest absolute Gasteiger partial charge is 0.246 e. The molecule has 0 atom stereocenters. The number of hydrogen-bond donors (Lipinski definition) is 1. The highest BCUT2D eigenvalue weighted by molar-refractivity contribution is 5.96. The predicted molar refractivity (Wildman–Crippen MR) is 135 cm³/mol. The van der Waals surface area contributed by atoms with E-state index in [1.807, 2.05) is 43.5 Å². The molecule has 5 aromatic rings. The second kappa shape index (κ2) is 9.42. The summed E-state index contributed by atoms with van der Waals surface area (Å²) in [6.45, 7) is 4.68. The number of carbonyl (C=O) groups is 1. The molecule has 8 nitrogen and oxygen atoms in total. The van der Waals surface area contributed by atoms with Gasteiger partial charge in [0.1, 0.15) is 12.3 Å². The van der Waals surface area contributed by atoms with Gasteiger partial charge in [0, 0.05) is 17.8 Å². The molecular formula is C27H26N6O2. The lowest BCUT2D eigenvalue weighted by Crippen LogP contribution is -2.19. The Morgan fingerprint density at radius 1 is 1.03 bits per heavy atom. The van der Waals surface area contributed by atoms with Crippen molar-refractivity contribution < 1.29 is 9.53 Å². The van der Waals surface area contributed by atoms with Gasteiger partial charge in [-0.15, -0.1) is 0 Å². The molecule has 0 spiro atoms. The van der Waals surface area contributed by atoms with Gasteiger partial charge in [0.2, 0.25) is 5.91 Å². The zero-order chi connectivity index (χ0) is 24.4. The van der Waals surface area contributed by atoms with E-state index in [2.05, 4.69) is 51.7 Å². The van der Waals surface area contributed by atoms with Crippen molar-refractivity contribution in [3.63, 3.8) is 0 Å². The van der Waals surface area contributed by atoms with Crippen LogP contribution in [0.3, 0.4) is 0 Å². The molecule has 5 rings (SSSR count). The summed E-state index contributed by atoms with van der Waals surface area (Å²) in [7, 11) is 1.65. The minimum absolute atomic E-state index is 0.0482. The number of hydrogen-bond acceptors (Lipinski definition) is 5. The fourth-order valence-electron chi connectivity index (χ4n) is 4.13. The van der Waals surface area contributed by atoms with Gasteiger partial charge in [0.15, 0.2) is 5.65 Å². The number of ether oxygens (including phenoxy) is 1. The topological polar surface area (TPSA) is 86.9 Å². The molecule has 35 heavy (non-hydrogen) atoms. The lowest BCUT2D eigenvalue weighted by Gasteiger charge is -2.07. The van der Waals surface area contributed by atoms with Gasteiger partial charge in [0.25, 0.3) is 0 Å². The second-order valence-electron chi connectivity index (χ2n) is 8.49. The molecule has 0 aliphatic rings. The first-order valence-corrected chi connectivity index (χ1v) is 11.3. The number of nitrogens with zero attached hydrogens (tertiary/aromatic N) is 5. The van der Waals surface area contributed by atoms with E-state index in [9.17, 15) is 4.79 Å².